The van der Waals surface area contributed by atoms with Crippen LogP contribution in [0.1, 0.15) is 33.6 Å². The molecule has 106 valence electrons. The predicted octanol–water partition coefficient (Wildman–Crippen LogP) is 0.270. The first-order chi connectivity index (χ1) is 7.93. The van der Waals surface area contributed by atoms with E-state index < -0.39 is 34.4 Å². The number of carboxylic acids is 2. The maximum Gasteiger partial charge on any atom is 0.322 e. The van der Waals surface area contributed by atoms with Crippen molar-refractivity contribution in [3.05, 3.63) is 0 Å². The van der Waals surface area contributed by atoms with Crippen molar-refractivity contribution in [1.82, 2.24) is 4.72 Å². The minimum atomic E-state index is -3.80. The molecule has 0 aromatic carbocycles. The highest BCUT2D eigenvalue weighted by atomic mass is 32.2. The summed E-state index contributed by atoms with van der Waals surface area (Å²) in [4.78, 5) is 21.1. The van der Waals surface area contributed by atoms with Gasteiger partial charge >= 0.3 is 11.9 Å². The van der Waals surface area contributed by atoms with Gasteiger partial charge in [-0.3, -0.25) is 9.59 Å². The molecule has 0 bridgehead atoms. The molecule has 0 aromatic heterocycles. The van der Waals surface area contributed by atoms with Gasteiger partial charge < -0.3 is 10.2 Å². The summed E-state index contributed by atoms with van der Waals surface area (Å²) in [5, 5.41) is 17.2. The predicted molar refractivity (Wildman–Crippen MR) is 64.7 cm³/mol. The molecule has 0 aliphatic heterocycles. The van der Waals surface area contributed by atoms with Crippen molar-refractivity contribution >= 4 is 22.0 Å². The van der Waals surface area contributed by atoms with Crippen LogP contribution in [0, 0.1) is 5.41 Å². The third-order valence-electron chi connectivity index (χ3n) is 2.12. The van der Waals surface area contributed by atoms with Crippen LogP contribution in [0.25, 0.3) is 0 Å². The van der Waals surface area contributed by atoms with Gasteiger partial charge in [-0.25, -0.2) is 13.1 Å². The Morgan fingerprint density at radius 1 is 1.22 bits per heavy atom. The van der Waals surface area contributed by atoms with Crippen LogP contribution in [0.5, 0.6) is 0 Å². The zero-order valence-electron chi connectivity index (χ0n) is 10.6. The highest BCUT2D eigenvalue weighted by Gasteiger charge is 2.27. The zero-order chi connectivity index (χ0) is 14.6. The molecular weight excluding hydrogens is 262 g/mol. The summed E-state index contributed by atoms with van der Waals surface area (Å²) in [6.07, 6.45) is -0.439. The highest BCUT2D eigenvalue weighted by Crippen LogP contribution is 2.19. The molecular formula is C10H19NO6S. The molecule has 0 radical (unpaired) electrons. The number of hydrogen-bond donors (Lipinski definition) is 3. The fourth-order valence-electron chi connectivity index (χ4n) is 1.07. The number of nitrogens with one attached hydrogen (secondary N) is 1. The molecule has 7 nitrogen and oxygen atoms in total. The maximum atomic E-state index is 11.6. The summed E-state index contributed by atoms with van der Waals surface area (Å²) in [5.74, 6) is -3.11. The van der Waals surface area contributed by atoms with Gasteiger partial charge in [0.05, 0.1) is 12.2 Å². The van der Waals surface area contributed by atoms with Gasteiger partial charge in [-0.05, 0) is 11.8 Å². The van der Waals surface area contributed by atoms with Crippen LogP contribution in [0.15, 0.2) is 0 Å². The second-order valence-corrected chi connectivity index (χ2v) is 7.11. The molecule has 0 aromatic rings. The molecule has 0 fully saturated rings. The monoisotopic (exact) mass is 281 g/mol. The normalized spacial score (nSPS) is 14.2. The molecule has 0 spiro atoms. The van der Waals surface area contributed by atoms with Crippen molar-refractivity contribution in [1.29, 1.82) is 0 Å². The fourth-order valence-corrected chi connectivity index (χ4v) is 2.69. The van der Waals surface area contributed by atoms with Crippen LogP contribution in [0.2, 0.25) is 0 Å². The first-order valence-electron chi connectivity index (χ1n) is 5.37. The molecule has 0 aliphatic carbocycles. The van der Waals surface area contributed by atoms with E-state index >= 15 is 0 Å². The summed E-state index contributed by atoms with van der Waals surface area (Å²) in [6.45, 7) is 5.57. The van der Waals surface area contributed by atoms with E-state index in [0.29, 0.717) is 6.42 Å². The molecule has 0 aliphatic rings. The maximum absolute atomic E-state index is 11.6. The smallest absolute Gasteiger partial charge is 0.322 e. The van der Waals surface area contributed by atoms with Gasteiger partial charge in [0, 0.05) is 0 Å². The number of aliphatic carboxylic acids is 2. The van der Waals surface area contributed by atoms with Crippen LogP contribution < -0.4 is 4.72 Å². The Labute approximate surface area is 106 Å². The second kappa shape index (κ2) is 6.14. The Morgan fingerprint density at radius 2 is 1.72 bits per heavy atom. The summed E-state index contributed by atoms with van der Waals surface area (Å²) >= 11 is 0. The molecule has 1 atom stereocenters. The summed E-state index contributed by atoms with van der Waals surface area (Å²) in [7, 11) is -3.80. The average molecular weight is 281 g/mol. The average Bonchev–Trinajstić information content (AvgIpc) is 2.11. The van der Waals surface area contributed by atoms with Gasteiger partial charge in [0.15, 0.2) is 0 Å². The van der Waals surface area contributed by atoms with Crippen LogP contribution in [0.3, 0.4) is 0 Å². The molecule has 1 unspecified atom stereocenters. The van der Waals surface area contributed by atoms with Crippen LogP contribution in [-0.2, 0) is 19.6 Å². The van der Waals surface area contributed by atoms with Crippen molar-refractivity contribution in [3.8, 4) is 0 Å². The lowest BCUT2D eigenvalue weighted by Crippen LogP contribution is -2.43. The van der Waals surface area contributed by atoms with E-state index in [1.54, 1.807) is 0 Å². The molecule has 0 saturated heterocycles. The van der Waals surface area contributed by atoms with E-state index in [-0.39, 0.29) is 11.2 Å². The van der Waals surface area contributed by atoms with E-state index in [2.05, 4.69) is 0 Å². The van der Waals surface area contributed by atoms with Gasteiger partial charge in [0.2, 0.25) is 10.0 Å². The number of sulfonamides is 1. The third kappa shape index (κ3) is 8.02. The summed E-state index contributed by atoms with van der Waals surface area (Å²) < 4.78 is 25.1. The van der Waals surface area contributed by atoms with E-state index in [1.807, 2.05) is 25.5 Å². The topological polar surface area (TPSA) is 121 Å². The molecule has 3 N–H and O–H groups in total. The van der Waals surface area contributed by atoms with E-state index in [4.69, 9.17) is 10.2 Å². The largest absolute Gasteiger partial charge is 0.481 e. The molecule has 0 heterocycles. The molecule has 0 rings (SSSR count). The minimum absolute atomic E-state index is 0.208. The SMILES string of the molecule is CC(C)(C)CCS(=O)(=O)NC(CC(=O)O)C(=O)O. The highest BCUT2D eigenvalue weighted by molar-refractivity contribution is 7.89. The van der Waals surface area contributed by atoms with E-state index in [0.717, 1.165) is 0 Å². The van der Waals surface area contributed by atoms with Gasteiger partial charge in [0.25, 0.3) is 0 Å². The lowest BCUT2D eigenvalue weighted by Gasteiger charge is -2.19. The van der Waals surface area contributed by atoms with Gasteiger partial charge in [-0.15, -0.1) is 0 Å². The zero-order valence-corrected chi connectivity index (χ0v) is 11.5. The van der Waals surface area contributed by atoms with Crippen LogP contribution >= 0.6 is 0 Å². The van der Waals surface area contributed by atoms with Gasteiger partial charge in [-0.1, -0.05) is 20.8 Å². The number of hydrogen-bond acceptors (Lipinski definition) is 4. The molecule has 0 saturated carbocycles. The Kier molecular flexibility index (Phi) is 5.75. The standard InChI is InChI=1S/C10H19NO6S/c1-10(2,3)4-5-18(16,17)11-7(9(14)15)6-8(12)13/h7,11H,4-6H2,1-3H3,(H,12,13)(H,14,15). The number of carbonyl (C=O) groups is 2. The minimum Gasteiger partial charge on any atom is -0.481 e. The van der Waals surface area contributed by atoms with Crippen molar-refractivity contribution in [2.75, 3.05) is 5.75 Å². The van der Waals surface area contributed by atoms with Crippen LogP contribution in [0.4, 0.5) is 0 Å². The first-order valence-corrected chi connectivity index (χ1v) is 7.03. The Hall–Kier alpha value is -1.15. The van der Waals surface area contributed by atoms with E-state index in [1.165, 1.54) is 0 Å². The number of carboxylic acid groups (broad SMARTS) is 2. The Bertz CT molecular complexity index is 409. The molecule has 0 amide bonds. The quantitative estimate of drug-likeness (QED) is 0.616. The lowest BCUT2D eigenvalue weighted by molar-refractivity contribution is -0.145. The van der Waals surface area contributed by atoms with Gasteiger partial charge in [0.1, 0.15) is 6.04 Å². The summed E-state index contributed by atoms with van der Waals surface area (Å²) in [5.41, 5.74) is -0.208. The third-order valence-corrected chi connectivity index (χ3v) is 3.50. The Balaban J connectivity index is 4.62. The lowest BCUT2D eigenvalue weighted by atomic mass is 9.94. The van der Waals surface area contributed by atoms with Crippen molar-refractivity contribution < 1.29 is 28.2 Å². The number of rotatable bonds is 7. The van der Waals surface area contributed by atoms with E-state index in [9.17, 15) is 18.0 Å². The second-order valence-electron chi connectivity index (χ2n) is 5.24. The molecule has 18 heavy (non-hydrogen) atoms. The first kappa shape index (κ1) is 16.9. The molecule has 8 heteroatoms. The van der Waals surface area contributed by atoms with Crippen molar-refractivity contribution in [2.24, 2.45) is 5.41 Å². The Morgan fingerprint density at radius 3 is 2.06 bits per heavy atom. The van der Waals surface area contributed by atoms with Crippen molar-refractivity contribution in [2.45, 2.75) is 39.7 Å². The van der Waals surface area contributed by atoms with Crippen LogP contribution in [-0.4, -0.2) is 42.4 Å². The van der Waals surface area contributed by atoms with Gasteiger partial charge in [-0.2, -0.15) is 0 Å². The fraction of sp³-hybridized carbons (Fsp3) is 0.800. The summed E-state index contributed by atoms with van der Waals surface area (Å²) in [6, 6.07) is -1.63. The van der Waals surface area contributed by atoms with Crippen molar-refractivity contribution in [3.63, 3.8) is 0 Å².